The summed E-state index contributed by atoms with van der Waals surface area (Å²) in [6.07, 6.45) is 4.11. The van der Waals surface area contributed by atoms with Crippen LogP contribution in [0.2, 0.25) is 0 Å². The summed E-state index contributed by atoms with van der Waals surface area (Å²) in [6, 6.07) is 0. The molecule has 2 bridgehead atoms. The standard InChI is InChI=1S/C12H16F2N2O2/c1-11(13,14)10-15-9(18-16-10)6-12(17)5-7-2-3-8(12)4-7/h7-8,17H,2-6H2,1H3. The first-order valence-electron chi connectivity index (χ1n) is 6.30. The largest absolute Gasteiger partial charge is 0.389 e. The fourth-order valence-electron chi connectivity index (χ4n) is 3.40. The average Bonchev–Trinajstić information content (AvgIpc) is 2.90. The minimum Gasteiger partial charge on any atom is -0.389 e. The molecule has 3 rings (SSSR count). The fourth-order valence-corrected chi connectivity index (χ4v) is 3.40. The van der Waals surface area contributed by atoms with Crippen molar-refractivity contribution in [1.82, 2.24) is 10.1 Å². The summed E-state index contributed by atoms with van der Waals surface area (Å²) in [4.78, 5) is 3.69. The van der Waals surface area contributed by atoms with Crippen LogP contribution in [0.25, 0.3) is 0 Å². The first-order chi connectivity index (χ1) is 8.37. The molecule has 2 aliphatic rings. The maximum atomic E-state index is 13.0. The molecule has 100 valence electrons. The molecule has 1 heterocycles. The van der Waals surface area contributed by atoms with E-state index in [1.807, 2.05) is 0 Å². The van der Waals surface area contributed by atoms with Crippen LogP contribution in [0.4, 0.5) is 8.78 Å². The molecule has 0 aliphatic heterocycles. The van der Waals surface area contributed by atoms with Crippen molar-refractivity contribution in [2.75, 3.05) is 0 Å². The van der Waals surface area contributed by atoms with Gasteiger partial charge in [0.25, 0.3) is 0 Å². The van der Waals surface area contributed by atoms with Gasteiger partial charge in [0.2, 0.25) is 11.7 Å². The summed E-state index contributed by atoms with van der Waals surface area (Å²) < 4.78 is 30.8. The van der Waals surface area contributed by atoms with Crippen molar-refractivity contribution in [3.8, 4) is 0 Å². The molecular formula is C12H16F2N2O2. The van der Waals surface area contributed by atoms with E-state index < -0.39 is 17.3 Å². The van der Waals surface area contributed by atoms with Gasteiger partial charge in [-0.05, 0) is 37.5 Å². The van der Waals surface area contributed by atoms with Crippen molar-refractivity contribution in [1.29, 1.82) is 0 Å². The quantitative estimate of drug-likeness (QED) is 0.903. The van der Waals surface area contributed by atoms with Crippen LogP contribution in [0.15, 0.2) is 4.52 Å². The van der Waals surface area contributed by atoms with Gasteiger partial charge in [0.1, 0.15) is 0 Å². The zero-order valence-corrected chi connectivity index (χ0v) is 10.2. The highest BCUT2D eigenvalue weighted by atomic mass is 19.3. The van der Waals surface area contributed by atoms with Crippen molar-refractivity contribution in [2.45, 2.75) is 50.6 Å². The number of halogens is 2. The number of hydrogen-bond acceptors (Lipinski definition) is 4. The van der Waals surface area contributed by atoms with Gasteiger partial charge < -0.3 is 9.63 Å². The Kier molecular flexibility index (Phi) is 2.49. The van der Waals surface area contributed by atoms with Crippen LogP contribution in [0.3, 0.4) is 0 Å². The van der Waals surface area contributed by atoms with Gasteiger partial charge in [0.15, 0.2) is 0 Å². The predicted molar refractivity (Wildman–Crippen MR) is 58.0 cm³/mol. The van der Waals surface area contributed by atoms with Gasteiger partial charge in [-0.2, -0.15) is 13.8 Å². The Bertz CT molecular complexity index is 457. The van der Waals surface area contributed by atoms with Crippen molar-refractivity contribution in [3.05, 3.63) is 11.7 Å². The molecule has 2 saturated carbocycles. The molecule has 18 heavy (non-hydrogen) atoms. The van der Waals surface area contributed by atoms with Gasteiger partial charge in [-0.3, -0.25) is 0 Å². The molecular weight excluding hydrogens is 242 g/mol. The van der Waals surface area contributed by atoms with Crippen molar-refractivity contribution in [3.63, 3.8) is 0 Å². The highest BCUT2D eigenvalue weighted by Gasteiger charge is 2.50. The third-order valence-corrected chi connectivity index (χ3v) is 4.26. The molecule has 2 fully saturated rings. The Morgan fingerprint density at radius 3 is 2.78 bits per heavy atom. The lowest BCUT2D eigenvalue weighted by atomic mass is 9.82. The van der Waals surface area contributed by atoms with Crippen LogP contribution in [-0.4, -0.2) is 20.8 Å². The molecule has 0 spiro atoms. The Morgan fingerprint density at radius 2 is 2.28 bits per heavy atom. The molecule has 4 nitrogen and oxygen atoms in total. The third-order valence-electron chi connectivity index (χ3n) is 4.26. The van der Waals surface area contributed by atoms with Crippen LogP contribution in [-0.2, 0) is 12.3 Å². The van der Waals surface area contributed by atoms with Crippen LogP contribution in [0, 0.1) is 11.8 Å². The van der Waals surface area contributed by atoms with E-state index in [4.69, 9.17) is 4.52 Å². The highest BCUT2D eigenvalue weighted by molar-refractivity contribution is 5.06. The maximum Gasteiger partial charge on any atom is 0.307 e. The van der Waals surface area contributed by atoms with Crippen molar-refractivity contribution in [2.24, 2.45) is 11.8 Å². The first-order valence-corrected chi connectivity index (χ1v) is 6.30. The summed E-state index contributed by atoms with van der Waals surface area (Å²) in [5.74, 6) is -2.78. The molecule has 0 amide bonds. The van der Waals surface area contributed by atoms with Crippen LogP contribution in [0.5, 0.6) is 0 Å². The van der Waals surface area contributed by atoms with E-state index >= 15 is 0 Å². The average molecular weight is 258 g/mol. The fraction of sp³-hybridized carbons (Fsp3) is 0.833. The number of nitrogens with zero attached hydrogens (tertiary/aromatic N) is 2. The minimum absolute atomic E-state index is 0.113. The Hall–Kier alpha value is -1.04. The second-order valence-electron chi connectivity index (χ2n) is 5.76. The van der Waals surface area contributed by atoms with Crippen LogP contribution >= 0.6 is 0 Å². The number of aliphatic hydroxyl groups is 1. The van der Waals surface area contributed by atoms with E-state index in [1.165, 1.54) is 0 Å². The monoisotopic (exact) mass is 258 g/mol. The second-order valence-corrected chi connectivity index (χ2v) is 5.76. The first kappa shape index (κ1) is 12.0. The summed E-state index contributed by atoms with van der Waals surface area (Å²) >= 11 is 0. The SMILES string of the molecule is CC(F)(F)c1noc(CC2(O)CC3CCC2C3)n1. The zero-order chi connectivity index (χ0) is 13.0. The molecule has 2 aliphatic carbocycles. The predicted octanol–water partition coefficient (Wildman–Crippen LogP) is 2.27. The van der Waals surface area contributed by atoms with Gasteiger partial charge in [0.05, 0.1) is 12.0 Å². The lowest BCUT2D eigenvalue weighted by Gasteiger charge is -2.30. The zero-order valence-electron chi connectivity index (χ0n) is 10.2. The minimum atomic E-state index is -3.10. The van der Waals surface area contributed by atoms with E-state index in [1.54, 1.807) is 0 Å². The summed E-state index contributed by atoms with van der Waals surface area (Å²) in [5, 5.41) is 13.8. The van der Waals surface area contributed by atoms with Crippen LogP contribution < -0.4 is 0 Å². The summed E-state index contributed by atoms with van der Waals surface area (Å²) in [5.41, 5.74) is -0.838. The van der Waals surface area contributed by atoms with E-state index in [0.29, 0.717) is 5.92 Å². The highest BCUT2D eigenvalue weighted by Crippen LogP contribution is 2.51. The van der Waals surface area contributed by atoms with Gasteiger partial charge in [-0.25, -0.2) is 0 Å². The van der Waals surface area contributed by atoms with Gasteiger partial charge >= 0.3 is 5.92 Å². The molecule has 0 saturated heterocycles. The van der Waals surface area contributed by atoms with Crippen molar-refractivity contribution >= 4 is 0 Å². The van der Waals surface area contributed by atoms with Crippen molar-refractivity contribution < 1.29 is 18.4 Å². The number of hydrogen-bond donors (Lipinski definition) is 1. The maximum absolute atomic E-state index is 13.0. The molecule has 3 atom stereocenters. The molecule has 6 heteroatoms. The van der Waals surface area contributed by atoms with Gasteiger partial charge in [-0.1, -0.05) is 5.16 Å². The van der Waals surface area contributed by atoms with E-state index in [9.17, 15) is 13.9 Å². The topological polar surface area (TPSA) is 59.2 Å². The number of alkyl halides is 2. The molecule has 0 aromatic carbocycles. The number of aromatic nitrogens is 2. The molecule has 1 aromatic rings. The smallest absolute Gasteiger partial charge is 0.307 e. The molecule has 1 N–H and O–H groups in total. The van der Waals surface area contributed by atoms with E-state index in [0.717, 1.165) is 32.6 Å². The lowest BCUT2D eigenvalue weighted by molar-refractivity contribution is -0.0184. The molecule has 3 unspecified atom stereocenters. The van der Waals surface area contributed by atoms with Crippen LogP contribution in [0.1, 0.15) is 44.3 Å². The van der Waals surface area contributed by atoms with Gasteiger partial charge in [-0.15, -0.1) is 0 Å². The normalized spacial score (nSPS) is 35.3. The second kappa shape index (κ2) is 3.73. The lowest BCUT2D eigenvalue weighted by Crippen LogP contribution is -2.37. The summed E-state index contributed by atoms with van der Waals surface area (Å²) in [7, 11) is 0. The van der Waals surface area contributed by atoms with E-state index in [-0.39, 0.29) is 18.2 Å². The molecule has 1 aromatic heterocycles. The Labute approximate surface area is 103 Å². The molecule has 0 radical (unpaired) electrons. The number of rotatable bonds is 3. The van der Waals surface area contributed by atoms with Gasteiger partial charge in [0, 0.05) is 6.92 Å². The summed E-state index contributed by atoms with van der Waals surface area (Å²) in [6.45, 7) is 0.730. The Balaban J connectivity index is 1.75. The Morgan fingerprint density at radius 1 is 1.50 bits per heavy atom. The third kappa shape index (κ3) is 1.92. The van der Waals surface area contributed by atoms with E-state index in [2.05, 4.69) is 10.1 Å². The number of fused-ring (bicyclic) bond motifs is 2.